The Morgan fingerprint density at radius 3 is 2.04 bits per heavy atom. The van der Waals surface area contributed by atoms with Crippen molar-refractivity contribution >= 4 is 79.2 Å². The van der Waals surface area contributed by atoms with Crippen LogP contribution in [-0.2, 0) is 12.8 Å². The predicted molar refractivity (Wildman–Crippen MR) is 196 cm³/mol. The van der Waals surface area contributed by atoms with Crippen molar-refractivity contribution in [3.8, 4) is 23.0 Å². The van der Waals surface area contributed by atoms with Crippen LogP contribution >= 0.6 is 11.6 Å². The number of aromatic nitrogens is 3. The molecular weight excluding hydrogens is 690 g/mol. The average Bonchev–Trinajstić information content (AvgIpc) is 3.98. The van der Waals surface area contributed by atoms with Gasteiger partial charge in [0.1, 0.15) is 11.4 Å². The number of methoxy groups -OCH3 is 2. The number of urea groups is 1. The number of hydrogen-bond donors (Lipinski definition) is 6. The van der Waals surface area contributed by atoms with Crippen molar-refractivity contribution in [3.63, 3.8) is 0 Å². The molecule has 15 heteroatoms. The van der Waals surface area contributed by atoms with Gasteiger partial charge in [0.15, 0.2) is 23.0 Å². The van der Waals surface area contributed by atoms with Gasteiger partial charge >= 0.3 is 6.03 Å². The number of fused-ring (bicyclic) bond motifs is 9. The zero-order valence-corrected chi connectivity index (χ0v) is 29.1. The number of aromatic amines is 3. The molecule has 265 valence electrons. The molecule has 3 aromatic heterocycles. The maximum Gasteiger partial charge on any atom is 0.319 e. The van der Waals surface area contributed by atoms with Crippen molar-refractivity contribution in [2.45, 2.75) is 25.7 Å². The van der Waals surface area contributed by atoms with Crippen LogP contribution in [0.1, 0.15) is 49.1 Å². The number of aryl methyl sites for hydroxylation is 1. The Morgan fingerprint density at radius 2 is 1.48 bits per heavy atom. The fourth-order valence-corrected chi connectivity index (χ4v) is 8.78. The molecule has 0 saturated heterocycles. The minimum atomic E-state index is -0.710. The van der Waals surface area contributed by atoms with Crippen LogP contribution in [0.4, 0.5) is 21.9 Å². The molecule has 0 unspecified atom stereocenters. The summed E-state index contributed by atoms with van der Waals surface area (Å²) in [6, 6.07) is 7.77. The standard InChI is InChI=1S/C37H33ClN7O7/c1-15-13-40-21-4-5-24-26(25(15)21)16(12-38)14-45(24)36(49)23-11-19-17-6-8-43(29(17)31(46)33(51-2)27(19)42-23)35(48)22-10-20-18-7-9-44(37(39)50)30(18)32(47)34(52-3)28(20)41-22/h5,10-11,13,16,40-42,46-47H,6-9,12,14H2,1-3H3,(H2,39,50)/t16-/m1/s1. The number of benzene rings is 3. The van der Waals surface area contributed by atoms with Crippen LogP contribution in [0, 0.1) is 13.0 Å². The lowest BCUT2D eigenvalue weighted by Crippen LogP contribution is -2.34. The van der Waals surface area contributed by atoms with Gasteiger partial charge in [0.25, 0.3) is 11.8 Å². The van der Waals surface area contributed by atoms with Gasteiger partial charge < -0.3 is 50.2 Å². The highest BCUT2D eigenvalue weighted by Crippen LogP contribution is 2.52. The molecule has 3 aliphatic heterocycles. The van der Waals surface area contributed by atoms with Crippen molar-refractivity contribution < 1.29 is 34.1 Å². The molecule has 0 bridgehead atoms. The first-order valence-electron chi connectivity index (χ1n) is 16.8. The second-order valence-corrected chi connectivity index (χ2v) is 13.7. The first-order chi connectivity index (χ1) is 25.1. The summed E-state index contributed by atoms with van der Waals surface area (Å²) < 4.78 is 11.2. The second kappa shape index (κ2) is 11.2. The van der Waals surface area contributed by atoms with E-state index in [4.69, 9.17) is 26.8 Å². The van der Waals surface area contributed by atoms with Crippen LogP contribution in [0.3, 0.4) is 0 Å². The van der Waals surface area contributed by atoms with E-state index in [1.165, 1.54) is 24.0 Å². The molecule has 14 nitrogen and oxygen atoms in total. The zero-order chi connectivity index (χ0) is 36.3. The first kappa shape index (κ1) is 31.9. The molecule has 1 radical (unpaired) electrons. The molecule has 0 saturated carbocycles. The summed E-state index contributed by atoms with van der Waals surface area (Å²) in [4.78, 5) is 54.6. The third-order valence-corrected chi connectivity index (χ3v) is 11.2. The topological polar surface area (TPSA) is 193 Å². The molecule has 4 amide bonds. The number of phenolic OH excluding ortho intramolecular Hbond substituents is 2. The highest BCUT2D eigenvalue weighted by atomic mass is 35.5. The number of halogens is 1. The van der Waals surface area contributed by atoms with E-state index >= 15 is 0 Å². The minimum Gasteiger partial charge on any atom is -0.503 e. The Bertz CT molecular complexity index is 2570. The Labute approximate surface area is 300 Å². The van der Waals surface area contributed by atoms with Crippen LogP contribution in [0.15, 0.2) is 24.4 Å². The lowest BCUT2D eigenvalue weighted by Gasteiger charge is -2.19. The molecule has 6 aromatic rings. The van der Waals surface area contributed by atoms with Crippen molar-refractivity contribution in [1.82, 2.24) is 15.0 Å². The Kier molecular flexibility index (Phi) is 6.90. The van der Waals surface area contributed by atoms with Crippen LogP contribution in [0.5, 0.6) is 23.0 Å². The lowest BCUT2D eigenvalue weighted by atomic mass is 9.97. The van der Waals surface area contributed by atoms with Gasteiger partial charge in [-0.05, 0) is 60.2 Å². The Balaban J connectivity index is 1.11. The van der Waals surface area contributed by atoms with E-state index in [2.05, 4.69) is 21.0 Å². The SMILES string of the molecule is COc1c(O)c2c(c3cc(C(=O)N4CCc5c4c(O)c(OC)c4[nH]c(C(=O)N6C[C@@H](CCl)c7c6c[c]c6[nH]cc(C)c76)cc54)[nH]c13)CCN2C(N)=O. The van der Waals surface area contributed by atoms with Crippen molar-refractivity contribution in [1.29, 1.82) is 0 Å². The molecular formula is C37H33ClN7O7. The number of anilines is 3. The monoisotopic (exact) mass is 722 g/mol. The van der Waals surface area contributed by atoms with E-state index in [-0.39, 0.29) is 65.0 Å². The molecule has 1 atom stereocenters. The molecule has 0 spiro atoms. The average molecular weight is 723 g/mol. The molecule has 7 N–H and O–H groups in total. The smallest absolute Gasteiger partial charge is 0.319 e. The highest BCUT2D eigenvalue weighted by Gasteiger charge is 2.39. The number of carbonyl (C=O) groups excluding carboxylic acids is 3. The van der Waals surface area contributed by atoms with Gasteiger partial charge in [-0.25, -0.2) is 4.79 Å². The van der Waals surface area contributed by atoms with E-state index in [1.54, 1.807) is 17.0 Å². The number of nitrogens with two attached hydrogens (primary N) is 1. The molecule has 3 aliphatic rings. The first-order valence-corrected chi connectivity index (χ1v) is 17.3. The number of rotatable bonds is 5. The Morgan fingerprint density at radius 1 is 0.923 bits per heavy atom. The van der Waals surface area contributed by atoms with Crippen LogP contribution < -0.4 is 29.9 Å². The van der Waals surface area contributed by atoms with Gasteiger partial charge in [0, 0.05) is 65.5 Å². The van der Waals surface area contributed by atoms with E-state index < -0.39 is 11.9 Å². The largest absolute Gasteiger partial charge is 0.503 e. The molecule has 0 aliphatic carbocycles. The van der Waals surface area contributed by atoms with E-state index in [0.717, 1.165) is 27.7 Å². The zero-order valence-electron chi connectivity index (χ0n) is 28.4. The van der Waals surface area contributed by atoms with Gasteiger partial charge in [-0.3, -0.25) is 14.5 Å². The van der Waals surface area contributed by atoms with Gasteiger partial charge in [-0.2, -0.15) is 0 Å². The quantitative estimate of drug-likeness (QED) is 0.130. The molecule has 3 aromatic carbocycles. The van der Waals surface area contributed by atoms with E-state index in [9.17, 15) is 24.6 Å². The van der Waals surface area contributed by atoms with Gasteiger partial charge in [0.2, 0.25) is 0 Å². The highest BCUT2D eigenvalue weighted by molar-refractivity contribution is 6.20. The molecule has 6 heterocycles. The number of carbonyl (C=O) groups is 3. The summed E-state index contributed by atoms with van der Waals surface area (Å²) in [5.74, 6) is -0.777. The van der Waals surface area contributed by atoms with Gasteiger partial charge in [0.05, 0.1) is 42.1 Å². The van der Waals surface area contributed by atoms with E-state index in [0.29, 0.717) is 63.9 Å². The third kappa shape index (κ3) is 4.15. The third-order valence-electron chi connectivity index (χ3n) is 10.8. The number of ether oxygens (including phenoxy) is 2. The van der Waals surface area contributed by atoms with Gasteiger partial charge in [-0.1, -0.05) is 0 Å². The number of phenols is 2. The number of H-pyrrole nitrogens is 3. The van der Waals surface area contributed by atoms with Crippen molar-refractivity contribution in [3.05, 3.63) is 64.1 Å². The molecule has 0 fully saturated rings. The summed E-state index contributed by atoms with van der Waals surface area (Å²) in [6.07, 6.45) is 2.74. The van der Waals surface area contributed by atoms with Gasteiger partial charge in [-0.15, -0.1) is 11.6 Å². The lowest BCUT2D eigenvalue weighted by molar-refractivity contribution is 0.0977. The normalized spacial score (nSPS) is 16.3. The number of hydrogen-bond acceptors (Lipinski definition) is 7. The van der Waals surface area contributed by atoms with Crippen molar-refractivity contribution in [2.24, 2.45) is 5.73 Å². The summed E-state index contributed by atoms with van der Waals surface area (Å²) in [7, 11) is 2.80. The van der Waals surface area contributed by atoms with E-state index in [1.807, 2.05) is 19.2 Å². The molecule has 52 heavy (non-hydrogen) atoms. The number of nitrogens with one attached hydrogen (secondary N) is 3. The fraction of sp³-hybridized carbons (Fsp3) is 0.270. The molecule has 9 rings (SSSR count). The number of amides is 4. The number of nitrogens with zero attached hydrogens (tertiary/aromatic N) is 3. The second-order valence-electron chi connectivity index (χ2n) is 13.4. The summed E-state index contributed by atoms with van der Waals surface area (Å²) in [5.41, 5.74) is 12.4. The number of alkyl halides is 1. The van der Waals surface area contributed by atoms with Crippen LogP contribution in [0.25, 0.3) is 32.7 Å². The van der Waals surface area contributed by atoms with Crippen molar-refractivity contribution in [2.75, 3.05) is 54.4 Å². The number of aromatic hydroxyl groups is 2. The Hall–Kier alpha value is -6.02. The number of primary amides is 1. The minimum absolute atomic E-state index is 0.0713. The summed E-state index contributed by atoms with van der Waals surface area (Å²) >= 11 is 6.45. The summed E-state index contributed by atoms with van der Waals surface area (Å²) in [6.45, 7) is 2.91. The van der Waals surface area contributed by atoms with Crippen LogP contribution in [-0.4, -0.2) is 82.7 Å². The fourth-order valence-electron chi connectivity index (χ4n) is 8.53. The summed E-state index contributed by atoms with van der Waals surface area (Å²) in [5, 5.41) is 25.0. The van der Waals surface area contributed by atoms with Crippen LogP contribution in [0.2, 0.25) is 0 Å². The predicted octanol–water partition coefficient (Wildman–Crippen LogP) is 5.29. The maximum atomic E-state index is 14.3. The maximum absolute atomic E-state index is 14.3.